The van der Waals surface area contributed by atoms with Crippen molar-refractivity contribution in [1.82, 2.24) is 5.32 Å². The van der Waals surface area contributed by atoms with E-state index in [0.29, 0.717) is 6.42 Å². The van der Waals surface area contributed by atoms with Crippen molar-refractivity contribution in [2.45, 2.75) is 57.8 Å². The third-order valence-corrected chi connectivity index (χ3v) is 2.88. The van der Waals surface area contributed by atoms with Gasteiger partial charge in [-0.1, -0.05) is 6.92 Å². The van der Waals surface area contributed by atoms with Crippen molar-refractivity contribution in [3.8, 4) is 6.07 Å². The van der Waals surface area contributed by atoms with Crippen LogP contribution in [-0.2, 0) is 9.53 Å². The smallest absolute Gasteiger partial charge is 0.250 e. The average molecular weight is 210 g/mol. The highest BCUT2D eigenvalue weighted by Gasteiger charge is 2.32. The van der Waals surface area contributed by atoms with Gasteiger partial charge in [-0.25, -0.2) is 0 Å². The first-order valence-electron chi connectivity index (χ1n) is 5.39. The topological polar surface area (TPSA) is 62.1 Å². The minimum Gasteiger partial charge on any atom is -0.365 e. The summed E-state index contributed by atoms with van der Waals surface area (Å²) in [7, 11) is 0. The summed E-state index contributed by atoms with van der Waals surface area (Å²) in [4.78, 5) is 11.7. The van der Waals surface area contributed by atoms with Gasteiger partial charge in [0, 0.05) is 0 Å². The van der Waals surface area contributed by atoms with E-state index in [4.69, 9.17) is 10.00 Å². The van der Waals surface area contributed by atoms with Gasteiger partial charge in [-0.2, -0.15) is 5.26 Å². The van der Waals surface area contributed by atoms with Gasteiger partial charge in [-0.05, 0) is 33.1 Å². The van der Waals surface area contributed by atoms with E-state index in [2.05, 4.69) is 11.4 Å². The van der Waals surface area contributed by atoms with Crippen LogP contribution in [0.4, 0.5) is 0 Å². The molecule has 1 amide bonds. The zero-order valence-corrected chi connectivity index (χ0v) is 9.54. The van der Waals surface area contributed by atoms with Crippen molar-refractivity contribution >= 4 is 5.91 Å². The van der Waals surface area contributed by atoms with E-state index in [0.717, 1.165) is 12.8 Å². The molecule has 3 unspecified atom stereocenters. The van der Waals surface area contributed by atoms with Crippen LogP contribution >= 0.6 is 0 Å². The maximum absolute atomic E-state index is 11.7. The molecule has 3 atom stereocenters. The van der Waals surface area contributed by atoms with Crippen LogP contribution in [0.2, 0.25) is 0 Å². The van der Waals surface area contributed by atoms with Crippen molar-refractivity contribution in [2.24, 2.45) is 0 Å². The van der Waals surface area contributed by atoms with Gasteiger partial charge in [0.1, 0.15) is 11.6 Å². The first-order valence-corrected chi connectivity index (χ1v) is 5.39. The molecule has 0 saturated carbocycles. The Bertz CT molecular complexity index is 285. The Labute approximate surface area is 90.6 Å². The Balaban J connectivity index is 2.52. The second-order valence-electron chi connectivity index (χ2n) is 4.30. The quantitative estimate of drug-likeness (QED) is 0.765. The standard InChI is InChI=1S/C11H18N2O2/c1-4-11(3,7-12)13-10(14)9-6-5-8(2)15-9/h8-9H,4-6H2,1-3H3,(H,13,14). The highest BCUT2D eigenvalue weighted by molar-refractivity contribution is 5.82. The molecule has 0 spiro atoms. The summed E-state index contributed by atoms with van der Waals surface area (Å²) in [6, 6.07) is 2.11. The van der Waals surface area contributed by atoms with Gasteiger partial charge in [0.2, 0.25) is 5.91 Å². The lowest BCUT2D eigenvalue weighted by molar-refractivity contribution is -0.133. The molecular formula is C11H18N2O2. The van der Waals surface area contributed by atoms with Crippen LogP contribution in [0, 0.1) is 11.3 Å². The maximum atomic E-state index is 11.7. The SMILES string of the molecule is CCC(C)(C#N)NC(=O)C1CCC(C)O1. The van der Waals surface area contributed by atoms with Gasteiger partial charge in [0.05, 0.1) is 12.2 Å². The summed E-state index contributed by atoms with van der Waals surface area (Å²) >= 11 is 0. The number of nitrogens with zero attached hydrogens (tertiary/aromatic N) is 1. The molecule has 1 aliphatic rings. The molecular weight excluding hydrogens is 192 g/mol. The Hall–Kier alpha value is -1.08. The van der Waals surface area contributed by atoms with Crippen LogP contribution in [0.25, 0.3) is 0 Å². The number of rotatable bonds is 3. The Morgan fingerprint density at radius 1 is 1.67 bits per heavy atom. The van der Waals surface area contributed by atoms with E-state index in [9.17, 15) is 4.79 Å². The van der Waals surface area contributed by atoms with Crippen molar-refractivity contribution in [1.29, 1.82) is 5.26 Å². The van der Waals surface area contributed by atoms with E-state index < -0.39 is 5.54 Å². The molecule has 4 nitrogen and oxygen atoms in total. The first-order chi connectivity index (χ1) is 7.00. The van der Waals surface area contributed by atoms with E-state index in [1.54, 1.807) is 6.92 Å². The van der Waals surface area contributed by atoms with Gasteiger partial charge in [-0.15, -0.1) is 0 Å². The van der Waals surface area contributed by atoms with Gasteiger partial charge >= 0.3 is 0 Å². The van der Waals surface area contributed by atoms with Crippen molar-refractivity contribution in [2.75, 3.05) is 0 Å². The van der Waals surface area contributed by atoms with Gasteiger partial charge in [-0.3, -0.25) is 4.79 Å². The minimum atomic E-state index is -0.772. The second kappa shape index (κ2) is 4.63. The number of hydrogen-bond donors (Lipinski definition) is 1. The Kier molecular flexibility index (Phi) is 3.70. The van der Waals surface area contributed by atoms with E-state index >= 15 is 0 Å². The maximum Gasteiger partial charge on any atom is 0.250 e. The molecule has 1 heterocycles. The lowest BCUT2D eigenvalue weighted by Gasteiger charge is -2.23. The lowest BCUT2D eigenvalue weighted by atomic mass is 10.0. The largest absolute Gasteiger partial charge is 0.365 e. The molecule has 0 aromatic heterocycles. The van der Waals surface area contributed by atoms with Crippen molar-refractivity contribution in [3.63, 3.8) is 0 Å². The molecule has 1 aliphatic heterocycles. The molecule has 0 bridgehead atoms. The van der Waals surface area contributed by atoms with Crippen molar-refractivity contribution in [3.05, 3.63) is 0 Å². The Morgan fingerprint density at radius 2 is 2.33 bits per heavy atom. The van der Waals surface area contributed by atoms with Crippen LogP contribution < -0.4 is 5.32 Å². The number of nitriles is 1. The van der Waals surface area contributed by atoms with Crippen LogP contribution in [0.15, 0.2) is 0 Å². The third kappa shape index (κ3) is 2.93. The number of ether oxygens (including phenoxy) is 1. The number of carbonyl (C=O) groups is 1. The fraction of sp³-hybridized carbons (Fsp3) is 0.818. The van der Waals surface area contributed by atoms with E-state index in [-0.39, 0.29) is 18.1 Å². The highest BCUT2D eigenvalue weighted by atomic mass is 16.5. The minimum absolute atomic E-state index is 0.149. The summed E-state index contributed by atoms with van der Waals surface area (Å²) in [6.45, 7) is 5.56. The van der Waals surface area contributed by atoms with Gasteiger partial charge < -0.3 is 10.1 Å². The summed E-state index contributed by atoms with van der Waals surface area (Å²) in [6.07, 6.45) is 2.03. The second-order valence-corrected chi connectivity index (χ2v) is 4.30. The molecule has 0 aromatic rings. The Morgan fingerprint density at radius 3 is 2.73 bits per heavy atom. The molecule has 4 heteroatoms. The zero-order chi connectivity index (χ0) is 11.5. The molecule has 1 N–H and O–H groups in total. The summed E-state index contributed by atoms with van der Waals surface area (Å²) < 4.78 is 5.44. The summed E-state index contributed by atoms with van der Waals surface area (Å²) in [5, 5.41) is 11.7. The van der Waals surface area contributed by atoms with Gasteiger partial charge in [0.25, 0.3) is 0 Å². The summed E-state index contributed by atoms with van der Waals surface area (Å²) in [5.41, 5.74) is -0.772. The number of nitrogens with one attached hydrogen (secondary N) is 1. The van der Waals surface area contributed by atoms with E-state index in [1.165, 1.54) is 0 Å². The van der Waals surface area contributed by atoms with E-state index in [1.807, 2.05) is 13.8 Å². The lowest BCUT2D eigenvalue weighted by Crippen LogP contribution is -2.48. The molecule has 0 aromatic carbocycles. The monoisotopic (exact) mass is 210 g/mol. The molecule has 15 heavy (non-hydrogen) atoms. The fourth-order valence-corrected chi connectivity index (χ4v) is 1.54. The average Bonchev–Trinajstić information content (AvgIpc) is 2.65. The molecule has 1 fully saturated rings. The van der Waals surface area contributed by atoms with Crippen molar-refractivity contribution < 1.29 is 9.53 Å². The third-order valence-electron chi connectivity index (χ3n) is 2.88. The molecule has 0 aliphatic carbocycles. The number of amides is 1. The molecule has 1 rings (SSSR count). The predicted molar refractivity (Wildman–Crippen MR) is 56.0 cm³/mol. The highest BCUT2D eigenvalue weighted by Crippen LogP contribution is 2.20. The number of carbonyl (C=O) groups excluding carboxylic acids is 1. The van der Waals surface area contributed by atoms with Crippen LogP contribution in [-0.4, -0.2) is 23.7 Å². The van der Waals surface area contributed by atoms with Crippen LogP contribution in [0.5, 0.6) is 0 Å². The van der Waals surface area contributed by atoms with Gasteiger partial charge in [0.15, 0.2) is 0 Å². The molecule has 1 saturated heterocycles. The predicted octanol–water partition coefficient (Wildman–Crippen LogP) is 1.36. The van der Waals surface area contributed by atoms with Crippen LogP contribution in [0.1, 0.15) is 40.0 Å². The molecule has 84 valence electrons. The fourth-order valence-electron chi connectivity index (χ4n) is 1.54. The number of hydrogen-bond acceptors (Lipinski definition) is 3. The summed E-state index contributed by atoms with van der Waals surface area (Å²) in [5.74, 6) is -0.162. The molecule has 0 radical (unpaired) electrons. The zero-order valence-electron chi connectivity index (χ0n) is 9.54. The van der Waals surface area contributed by atoms with Crippen LogP contribution in [0.3, 0.4) is 0 Å². The first kappa shape index (κ1) is 12.0. The normalized spacial score (nSPS) is 29.2.